The number of rotatable bonds is 10. The van der Waals surface area contributed by atoms with Crippen LogP contribution in [0.2, 0.25) is 0 Å². The molecule has 21 nitrogen and oxygen atoms in total. The minimum Gasteiger partial charge on any atom is -0.394 e. The SMILES string of the molecule is OC[C@H]1O[C@@H](OC[C@H]2O[C@@H](O[C@H]3[C@H](O)[C@@H](O)[C@@H](O[C@H]4O[C@H](CO)[C@@H](O)[C@H](O)[C@H]4O)O[C@@H]3CO)[C@H](O)[C@@H](O)[C@@H]2O)[C@H](O)[C@@H](O)[C@@H]1O. The van der Waals surface area contributed by atoms with Gasteiger partial charge >= 0.3 is 0 Å². The lowest BCUT2D eigenvalue weighted by molar-refractivity contribution is -0.393. The minimum atomic E-state index is -2.01. The normalized spacial score (nSPS) is 52.9. The Morgan fingerprint density at radius 2 is 0.711 bits per heavy atom. The van der Waals surface area contributed by atoms with Gasteiger partial charge in [0.2, 0.25) is 0 Å². The second-order valence-electron chi connectivity index (χ2n) is 11.2. The Hall–Kier alpha value is -0.840. The van der Waals surface area contributed by atoms with Gasteiger partial charge in [-0.2, -0.15) is 0 Å². The predicted molar refractivity (Wildman–Crippen MR) is 134 cm³/mol. The molecule has 4 aliphatic heterocycles. The molecule has 0 spiro atoms. The average molecular weight is 667 g/mol. The van der Waals surface area contributed by atoms with E-state index in [1.807, 2.05) is 0 Å². The Morgan fingerprint density at radius 3 is 1.20 bits per heavy atom. The zero-order valence-corrected chi connectivity index (χ0v) is 23.5. The van der Waals surface area contributed by atoms with E-state index in [2.05, 4.69) is 0 Å². The number of aliphatic hydroxyl groups is 14. The molecule has 4 rings (SSSR count). The van der Waals surface area contributed by atoms with Crippen molar-refractivity contribution in [3.63, 3.8) is 0 Å². The molecule has 45 heavy (non-hydrogen) atoms. The first kappa shape index (κ1) is 37.0. The summed E-state index contributed by atoms with van der Waals surface area (Å²) in [6, 6.07) is 0. The van der Waals surface area contributed by atoms with Gasteiger partial charge in [0.1, 0.15) is 97.7 Å². The van der Waals surface area contributed by atoms with E-state index in [0.29, 0.717) is 0 Å². The summed E-state index contributed by atoms with van der Waals surface area (Å²) < 4.78 is 37.6. The summed E-state index contributed by atoms with van der Waals surface area (Å²) in [5, 5.41) is 142. The van der Waals surface area contributed by atoms with Gasteiger partial charge < -0.3 is 105 Å². The number of hydrogen-bond donors (Lipinski definition) is 14. The van der Waals surface area contributed by atoms with E-state index in [-0.39, 0.29) is 0 Å². The van der Waals surface area contributed by atoms with Crippen molar-refractivity contribution in [2.24, 2.45) is 0 Å². The summed E-state index contributed by atoms with van der Waals surface area (Å²) in [7, 11) is 0. The molecule has 0 unspecified atom stereocenters. The smallest absolute Gasteiger partial charge is 0.189 e. The molecule has 4 saturated heterocycles. The Kier molecular flexibility index (Phi) is 12.8. The molecule has 0 amide bonds. The highest BCUT2D eigenvalue weighted by molar-refractivity contribution is 4.96. The third-order valence-corrected chi connectivity index (χ3v) is 8.17. The summed E-state index contributed by atoms with van der Waals surface area (Å²) >= 11 is 0. The first-order chi connectivity index (χ1) is 21.2. The zero-order valence-electron chi connectivity index (χ0n) is 23.5. The van der Waals surface area contributed by atoms with Crippen LogP contribution in [0.5, 0.6) is 0 Å². The molecule has 4 heterocycles. The van der Waals surface area contributed by atoms with Crippen LogP contribution in [-0.4, -0.2) is 221 Å². The van der Waals surface area contributed by atoms with Crippen LogP contribution in [0.1, 0.15) is 0 Å². The van der Waals surface area contributed by atoms with Crippen LogP contribution in [0, 0.1) is 0 Å². The Labute approximate surface area is 254 Å². The van der Waals surface area contributed by atoms with E-state index in [9.17, 15) is 71.5 Å². The first-order valence-corrected chi connectivity index (χ1v) is 14.1. The van der Waals surface area contributed by atoms with Crippen LogP contribution >= 0.6 is 0 Å². The van der Waals surface area contributed by atoms with E-state index in [1.165, 1.54) is 0 Å². The summed E-state index contributed by atoms with van der Waals surface area (Å²) in [4.78, 5) is 0. The fraction of sp³-hybridized carbons (Fsp3) is 1.00. The van der Waals surface area contributed by atoms with Crippen molar-refractivity contribution in [3.05, 3.63) is 0 Å². The molecule has 264 valence electrons. The second-order valence-corrected chi connectivity index (χ2v) is 11.2. The maximum absolute atomic E-state index is 10.8. The lowest BCUT2D eigenvalue weighted by Crippen LogP contribution is -2.66. The van der Waals surface area contributed by atoms with Gasteiger partial charge in [-0.05, 0) is 0 Å². The van der Waals surface area contributed by atoms with Crippen LogP contribution in [-0.2, 0) is 33.2 Å². The number of aliphatic hydroxyl groups excluding tert-OH is 14. The van der Waals surface area contributed by atoms with E-state index >= 15 is 0 Å². The van der Waals surface area contributed by atoms with Crippen LogP contribution in [0.4, 0.5) is 0 Å². The second kappa shape index (κ2) is 15.6. The zero-order chi connectivity index (χ0) is 33.3. The molecule has 21 heteroatoms. The maximum Gasteiger partial charge on any atom is 0.189 e. The molecule has 0 aromatic carbocycles. The Bertz CT molecular complexity index is 912. The first-order valence-electron chi connectivity index (χ1n) is 14.1. The van der Waals surface area contributed by atoms with Crippen molar-refractivity contribution in [1.29, 1.82) is 0 Å². The van der Waals surface area contributed by atoms with Gasteiger partial charge in [0.15, 0.2) is 25.2 Å². The molecule has 0 radical (unpaired) electrons. The highest BCUT2D eigenvalue weighted by atomic mass is 16.8. The summed E-state index contributed by atoms with van der Waals surface area (Å²) in [6.07, 6.45) is -35.0. The van der Waals surface area contributed by atoms with Crippen molar-refractivity contribution in [3.8, 4) is 0 Å². The largest absolute Gasteiger partial charge is 0.394 e. The van der Waals surface area contributed by atoms with Gasteiger partial charge in [0, 0.05) is 0 Å². The lowest BCUT2D eigenvalue weighted by atomic mass is 9.96. The molecule has 20 atom stereocenters. The van der Waals surface area contributed by atoms with Gasteiger partial charge in [0.25, 0.3) is 0 Å². The molecular weight excluding hydrogens is 624 g/mol. The highest BCUT2D eigenvalue weighted by Crippen LogP contribution is 2.32. The summed E-state index contributed by atoms with van der Waals surface area (Å²) in [5.74, 6) is 0. The van der Waals surface area contributed by atoms with E-state index in [4.69, 9.17) is 33.2 Å². The fourth-order valence-corrected chi connectivity index (χ4v) is 5.36. The van der Waals surface area contributed by atoms with Crippen LogP contribution in [0.25, 0.3) is 0 Å². The lowest BCUT2D eigenvalue weighted by Gasteiger charge is -2.47. The van der Waals surface area contributed by atoms with E-state index < -0.39 is 149 Å². The third kappa shape index (κ3) is 7.59. The molecule has 0 bridgehead atoms. The van der Waals surface area contributed by atoms with E-state index in [1.54, 1.807) is 0 Å². The minimum absolute atomic E-state index is 0.682. The molecule has 4 fully saturated rings. The van der Waals surface area contributed by atoms with Crippen molar-refractivity contribution in [1.82, 2.24) is 0 Å². The van der Waals surface area contributed by atoms with Crippen LogP contribution < -0.4 is 0 Å². The molecule has 0 aliphatic carbocycles. The van der Waals surface area contributed by atoms with Gasteiger partial charge in [-0.25, -0.2) is 0 Å². The van der Waals surface area contributed by atoms with Crippen molar-refractivity contribution >= 4 is 0 Å². The van der Waals surface area contributed by atoms with Crippen molar-refractivity contribution in [2.45, 2.75) is 123 Å². The predicted octanol–water partition coefficient (Wildman–Crippen LogP) is -9.75. The van der Waals surface area contributed by atoms with Gasteiger partial charge in [-0.3, -0.25) is 0 Å². The molecule has 14 N–H and O–H groups in total. The highest BCUT2D eigenvalue weighted by Gasteiger charge is 2.53. The average Bonchev–Trinajstić information content (AvgIpc) is 3.03. The standard InChI is InChI=1S/C24H42O21/c25-1-5-9(28)12(31)16(35)21(40-5)39-4-8-11(30)14(33)17(36)22(43-8)44-20-7(3-27)42-24(19(38)15(20)34)45-23-18(37)13(32)10(29)6(2-26)41-23/h5-38H,1-4H2/t5-,6-,7-,8-,9-,10-,11-,12+,13+,14+,15-,16-,17-,18-,19-,20-,21-,22+,23-,24-/m1/s1. The summed E-state index contributed by atoms with van der Waals surface area (Å²) in [6.45, 7) is -3.11. The van der Waals surface area contributed by atoms with Crippen LogP contribution in [0.15, 0.2) is 0 Å². The molecule has 4 aliphatic rings. The topological polar surface area (TPSA) is 348 Å². The van der Waals surface area contributed by atoms with Crippen molar-refractivity contribution < 1.29 is 105 Å². The van der Waals surface area contributed by atoms with Crippen molar-refractivity contribution in [2.75, 3.05) is 26.4 Å². The maximum atomic E-state index is 10.8. The Balaban J connectivity index is 1.40. The van der Waals surface area contributed by atoms with Crippen LogP contribution in [0.3, 0.4) is 0 Å². The molecule has 0 aromatic heterocycles. The van der Waals surface area contributed by atoms with Gasteiger partial charge in [0.05, 0.1) is 26.4 Å². The number of hydrogen-bond acceptors (Lipinski definition) is 21. The quantitative estimate of drug-likeness (QED) is 0.103. The third-order valence-electron chi connectivity index (χ3n) is 8.17. The molecule has 0 aromatic rings. The molecule has 0 saturated carbocycles. The van der Waals surface area contributed by atoms with Gasteiger partial charge in [-0.1, -0.05) is 0 Å². The van der Waals surface area contributed by atoms with E-state index in [0.717, 1.165) is 0 Å². The number of ether oxygens (including phenoxy) is 7. The molecular formula is C24H42O21. The monoisotopic (exact) mass is 666 g/mol. The Morgan fingerprint density at radius 1 is 0.356 bits per heavy atom. The fourth-order valence-electron chi connectivity index (χ4n) is 5.36. The summed E-state index contributed by atoms with van der Waals surface area (Å²) in [5.41, 5.74) is 0. The van der Waals surface area contributed by atoms with Gasteiger partial charge in [-0.15, -0.1) is 0 Å².